The number of hydrogen-bond acceptors (Lipinski definition) is 4. The summed E-state index contributed by atoms with van der Waals surface area (Å²) in [4.78, 5) is 16.0. The minimum Gasteiger partial charge on any atom is -0.481 e. The van der Waals surface area contributed by atoms with Crippen molar-refractivity contribution in [2.45, 2.75) is 74.5 Å². The maximum atomic E-state index is 13.3. The molecule has 180 valence electrons. The van der Waals surface area contributed by atoms with Crippen molar-refractivity contribution in [1.29, 1.82) is 0 Å². The smallest absolute Gasteiger partial charge is 0.174 e. The Labute approximate surface area is 208 Å². The van der Waals surface area contributed by atoms with E-state index in [1.807, 2.05) is 0 Å². The number of aryl methyl sites for hydroxylation is 1. The van der Waals surface area contributed by atoms with Gasteiger partial charge in [0.15, 0.2) is 11.9 Å². The van der Waals surface area contributed by atoms with Gasteiger partial charge in [-0.05, 0) is 74.6 Å². The van der Waals surface area contributed by atoms with Gasteiger partial charge < -0.3 is 9.47 Å². The van der Waals surface area contributed by atoms with Crippen LogP contribution in [-0.4, -0.2) is 48.1 Å². The van der Waals surface area contributed by atoms with Crippen LogP contribution in [0, 0.1) is 5.92 Å². The van der Waals surface area contributed by atoms with Crippen molar-refractivity contribution < 1.29 is 14.3 Å². The first kappa shape index (κ1) is 22.6. The minimum atomic E-state index is -0.373. The lowest BCUT2D eigenvalue weighted by atomic mass is 9.48. The van der Waals surface area contributed by atoms with E-state index in [2.05, 4.69) is 53.4 Å². The second-order valence-corrected chi connectivity index (χ2v) is 11.0. The zero-order valence-corrected chi connectivity index (χ0v) is 20.5. The molecule has 0 aromatic heterocycles. The SMILES string of the molecule is Cl.O=C1CC[C@@]2(OCCCc3ccccc3)[C@H]3Cc4cccc5c4[C@@]2(CCN3CC2CC2)C1O5. The molecule has 2 aromatic rings. The van der Waals surface area contributed by atoms with Crippen LogP contribution >= 0.6 is 12.4 Å². The van der Waals surface area contributed by atoms with Crippen LogP contribution in [0.3, 0.4) is 0 Å². The van der Waals surface area contributed by atoms with Crippen molar-refractivity contribution in [3.05, 3.63) is 65.2 Å². The highest BCUT2D eigenvalue weighted by molar-refractivity contribution is 5.89. The molecule has 1 unspecified atom stereocenters. The van der Waals surface area contributed by atoms with Crippen LogP contribution in [0.2, 0.25) is 0 Å². The summed E-state index contributed by atoms with van der Waals surface area (Å²) in [5.74, 6) is 2.07. The number of benzene rings is 2. The number of halogens is 1. The summed E-state index contributed by atoms with van der Waals surface area (Å²) in [6.07, 6.45) is 7.78. The summed E-state index contributed by atoms with van der Waals surface area (Å²) in [7, 11) is 0. The number of carbonyl (C=O) groups is 1. The summed E-state index contributed by atoms with van der Waals surface area (Å²) < 4.78 is 13.6. The predicted octanol–water partition coefficient (Wildman–Crippen LogP) is 4.90. The molecule has 5 aliphatic rings. The molecule has 2 heterocycles. The molecular formula is C29H34ClNO3. The maximum Gasteiger partial charge on any atom is 0.174 e. The lowest BCUT2D eigenvalue weighted by molar-refractivity contribution is -0.213. The molecule has 34 heavy (non-hydrogen) atoms. The molecule has 2 aliphatic heterocycles. The van der Waals surface area contributed by atoms with E-state index in [0.717, 1.165) is 56.9 Å². The number of nitrogens with zero attached hydrogens (tertiary/aromatic N) is 1. The molecule has 1 spiro atoms. The van der Waals surface area contributed by atoms with Crippen LogP contribution in [-0.2, 0) is 27.8 Å². The largest absolute Gasteiger partial charge is 0.481 e. The highest BCUT2D eigenvalue weighted by atomic mass is 35.5. The lowest BCUT2D eigenvalue weighted by Gasteiger charge is -2.64. The molecule has 7 rings (SSSR count). The van der Waals surface area contributed by atoms with Gasteiger partial charge in [-0.3, -0.25) is 9.69 Å². The number of Topliss-reactive ketones (excluding diaryl/α,β-unsaturated/α-hetero) is 1. The van der Waals surface area contributed by atoms with Crippen LogP contribution < -0.4 is 4.74 Å². The molecule has 1 saturated heterocycles. The molecule has 4 atom stereocenters. The van der Waals surface area contributed by atoms with Gasteiger partial charge in [0.2, 0.25) is 0 Å². The molecule has 0 radical (unpaired) electrons. The van der Waals surface area contributed by atoms with Gasteiger partial charge in [-0.15, -0.1) is 12.4 Å². The predicted molar refractivity (Wildman–Crippen MR) is 134 cm³/mol. The fraction of sp³-hybridized carbons (Fsp3) is 0.552. The lowest BCUT2D eigenvalue weighted by Crippen LogP contribution is -2.77. The van der Waals surface area contributed by atoms with Crippen LogP contribution in [0.5, 0.6) is 5.75 Å². The zero-order valence-electron chi connectivity index (χ0n) is 19.7. The Hall–Kier alpha value is -1.88. The number of ether oxygens (including phenoxy) is 2. The average molecular weight is 480 g/mol. The third kappa shape index (κ3) is 3.14. The molecule has 4 nitrogen and oxygen atoms in total. The van der Waals surface area contributed by atoms with E-state index in [4.69, 9.17) is 9.47 Å². The second kappa shape index (κ2) is 8.36. The van der Waals surface area contributed by atoms with Gasteiger partial charge in [-0.2, -0.15) is 0 Å². The van der Waals surface area contributed by atoms with Crippen LogP contribution in [0.25, 0.3) is 0 Å². The molecule has 0 amide bonds. The van der Waals surface area contributed by atoms with Gasteiger partial charge in [-0.1, -0.05) is 42.5 Å². The summed E-state index contributed by atoms with van der Waals surface area (Å²) >= 11 is 0. The highest BCUT2D eigenvalue weighted by Gasteiger charge is 2.73. The number of likely N-dealkylation sites (tertiary alicyclic amines) is 1. The first-order chi connectivity index (χ1) is 16.2. The number of ketones is 1. The second-order valence-electron chi connectivity index (χ2n) is 11.0. The van der Waals surface area contributed by atoms with Crippen molar-refractivity contribution in [3.8, 4) is 5.75 Å². The molecule has 5 heteroatoms. The van der Waals surface area contributed by atoms with Crippen molar-refractivity contribution >= 4 is 18.2 Å². The van der Waals surface area contributed by atoms with Crippen LogP contribution in [0.15, 0.2) is 48.5 Å². The summed E-state index contributed by atoms with van der Waals surface area (Å²) in [6, 6.07) is 17.5. The van der Waals surface area contributed by atoms with Crippen molar-refractivity contribution in [2.24, 2.45) is 5.92 Å². The van der Waals surface area contributed by atoms with Gasteiger partial charge >= 0.3 is 0 Å². The Morgan fingerprint density at radius 2 is 1.91 bits per heavy atom. The molecule has 3 aliphatic carbocycles. The van der Waals surface area contributed by atoms with Crippen molar-refractivity contribution in [2.75, 3.05) is 19.7 Å². The fourth-order valence-corrected chi connectivity index (χ4v) is 7.67. The first-order valence-corrected chi connectivity index (χ1v) is 12.9. The fourth-order valence-electron chi connectivity index (χ4n) is 7.67. The third-order valence-corrected chi connectivity index (χ3v) is 9.23. The van der Waals surface area contributed by atoms with E-state index in [0.29, 0.717) is 12.5 Å². The third-order valence-electron chi connectivity index (χ3n) is 9.23. The first-order valence-electron chi connectivity index (χ1n) is 12.9. The van der Waals surface area contributed by atoms with E-state index in [-0.39, 0.29) is 35.3 Å². The van der Waals surface area contributed by atoms with Crippen LogP contribution in [0.4, 0.5) is 0 Å². The van der Waals surface area contributed by atoms with Gasteiger partial charge in [0.1, 0.15) is 5.75 Å². The van der Waals surface area contributed by atoms with Crippen LogP contribution in [0.1, 0.15) is 55.2 Å². The standard InChI is InChI=1S/C29H33NO3.ClH/c31-23-13-14-29(32-17-5-8-20-6-2-1-3-7-20)25-18-22-9-4-10-24-26(22)28(29,27(23)33-24)15-16-30(25)19-21-11-12-21;/h1-4,6-7,9-10,21,25,27H,5,8,11-19H2;1H/t25-,27?,28+,29-;/m1./s1. The molecule has 2 bridgehead atoms. The van der Waals surface area contributed by atoms with E-state index in [1.54, 1.807) is 0 Å². The van der Waals surface area contributed by atoms with Gasteiger partial charge in [-0.25, -0.2) is 0 Å². The Balaban J connectivity index is 0.00000217. The Morgan fingerprint density at radius 1 is 1.06 bits per heavy atom. The van der Waals surface area contributed by atoms with E-state index < -0.39 is 0 Å². The quantitative estimate of drug-likeness (QED) is 0.529. The molecule has 2 saturated carbocycles. The molecule has 0 N–H and O–H groups in total. The van der Waals surface area contributed by atoms with Gasteiger partial charge in [0.05, 0.1) is 11.0 Å². The Bertz CT molecular complexity index is 1090. The number of carbonyl (C=O) groups excluding carboxylic acids is 1. The van der Waals surface area contributed by atoms with Gasteiger partial charge in [0.25, 0.3) is 0 Å². The molecule has 2 aromatic carbocycles. The zero-order chi connectivity index (χ0) is 22.0. The maximum absolute atomic E-state index is 13.3. The number of piperidine rings is 1. The minimum absolute atomic E-state index is 0. The Kier molecular flexibility index (Phi) is 5.55. The summed E-state index contributed by atoms with van der Waals surface area (Å²) in [6.45, 7) is 2.98. The molecular weight excluding hydrogens is 446 g/mol. The van der Waals surface area contributed by atoms with Gasteiger partial charge in [0, 0.05) is 31.2 Å². The number of hydrogen-bond donors (Lipinski definition) is 0. The van der Waals surface area contributed by atoms with E-state index in [1.165, 1.54) is 36.1 Å². The molecule has 3 fully saturated rings. The summed E-state index contributed by atoms with van der Waals surface area (Å²) in [5, 5.41) is 0. The normalized spacial score (nSPS) is 33.1. The van der Waals surface area contributed by atoms with E-state index in [9.17, 15) is 4.79 Å². The highest BCUT2D eigenvalue weighted by Crippen LogP contribution is 2.64. The van der Waals surface area contributed by atoms with Crippen molar-refractivity contribution in [1.82, 2.24) is 4.90 Å². The van der Waals surface area contributed by atoms with Crippen molar-refractivity contribution in [3.63, 3.8) is 0 Å². The van der Waals surface area contributed by atoms with E-state index >= 15 is 0 Å². The topological polar surface area (TPSA) is 38.8 Å². The average Bonchev–Trinajstić information content (AvgIpc) is 3.59. The monoisotopic (exact) mass is 479 g/mol. The Morgan fingerprint density at radius 3 is 2.74 bits per heavy atom. The summed E-state index contributed by atoms with van der Waals surface area (Å²) in [5.41, 5.74) is 3.43. The number of rotatable bonds is 7.